The fraction of sp³-hybridized carbons (Fsp3) is 0.393. The molecule has 1 aliphatic rings. The molecule has 0 saturated carbocycles. The van der Waals surface area contributed by atoms with E-state index in [9.17, 15) is 9.59 Å². The van der Waals surface area contributed by atoms with Crippen LogP contribution in [0.3, 0.4) is 0 Å². The van der Waals surface area contributed by atoms with Crippen LogP contribution in [0.1, 0.15) is 61.0 Å². The zero-order valence-electron chi connectivity index (χ0n) is 19.6. The number of ketones is 1. The molecule has 0 aliphatic carbocycles. The Bertz CT molecular complexity index is 1120. The van der Waals surface area contributed by atoms with E-state index < -0.39 is 0 Å². The van der Waals surface area contributed by atoms with Gasteiger partial charge in [-0.15, -0.1) is 0 Å². The molecule has 0 unspecified atom stereocenters. The van der Waals surface area contributed by atoms with Crippen LogP contribution in [0.5, 0.6) is 0 Å². The summed E-state index contributed by atoms with van der Waals surface area (Å²) in [6, 6.07) is 16.6. The Hall–Kier alpha value is -3.21. The quantitative estimate of drug-likeness (QED) is 0.386. The van der Waals surface area contributed by atoms with Crippen LogP contribution in [0.25, 0.3) is 10.9 Å². The van der Waals surface area contributed by atoms with Crippen molar-refractivity contribution in [2.45, 2.75) is 46.0 Å². The number of pyridine rings is 1. The standard InChI is InChI=1S/C28H33N3O2/c1-3-4-14-29-28(33)22-12-15-31(16-13-22)23-10-11-27-25(18-23)24(26(19-30-27)20(2)32)17-21-8-6-5-7-9-21/h5-11,18-19,22H,3-4,12-17H2,1-2H3,(H,29,33). The highest BCUT2D eigenvalue weighted by atomic mass is 16.1. The number of nitrogens with zero attached hydrogens (tertiary/aromatic N) is 2. The Morgan fingerprint density at radius 3 is 2.55 bits per heavy atom. The van der Waals surface area contributed by atoms with Gasteiger partial charge in [-0.25, -0.2) is 0 Å². The van der Waals surface area contributed by atoms with Gasteiger partial charge in [0.25, 0.3) is 0 Å². The van der Waals surface area contributed by atoms with Gasteiger partial charge in [-0.1, -0.05) is 43.7 Å². The number of carbonyl (C=O) groups excluding carboxylic acids is 2. The highest BCUT2D eigenvalue weighted by Crippen LogP contribution is 2.30. The number of nitrogens with one attached hydrogen (secondary N) is 1. The number of anilines is 1. The van der Waals surface area contributed by atoms with Gasteiger partial charge in [-0.3, -0.25) is 14.6 Å². The number of amides is 1. The van der Waals surface area contributed by atoms with Gasteiger partial charge in [0.1, 0.15) is 0 Å². The van der Waals surface area contributed by atoms with Gasteiger partial charge < -0.3 is 10.2 Å². The molecule has 4 rings (SSSR count). The molecule has 5 heteroatoms. The van der Waals surface area contributed by atoms with E-state index in [1.54, 1.807) is 13.1 Å². The van der Waals surface area contributed by atoms with Crippen LogP contribution in [-0.4, -0.2) is 36.3 Å². The van der Waals surface area contributed by atoms with Crippen LogP contribution in [0, 0.1) is 5.92 Å². The monoisotopic (exact) mass is 443 g/mol. The second-order valence-electron chi connectivity index (χ2n) is 8.98. The molecule has 0 spiro atoms. The average Bonchev–Trinajstić information content (AvgIpc) is 2.84. The van der Waals surface area contributed by atoms with Gasteiger partial charge in [-0.2, -0.15) is 0 Å². The number of Topliss-reactive ketones (excluding diaryl/α,β-unsaturated/α-hetero) is 1. The molecule has 1 amide bonds. The number of piperidine rings is 1. The normalized spacial score (nSPS) is 14.4. The zero-order valence-corrected chi connectivity index (χ0v) is 19.6. The van der Waals surface area contributed by atoms with Gasteiger partial charge in [0.15, 0.2) is 5.78 Å². The lowest BCUT2D eigenvalue weighted by molar-refractivity contribution is -0.125. The van der Waals surface area contributed by atoms with Gasteiger partial charge in [-0.05, 0) is 61.9 Å². The van der Waals surface area contributed by atoms with Crippen molar-refractivity contribution in [1.82, 2.24) is 10.3 Å². The molecule has 33 heavy (non-hydrogen) atoms. The Balaban J connectivity index is 1.57. The van der Waals surface area contributed by atoms with Crippen molar-refractivity contribution in [3.63, 3.8) is 0 Å². The van der Waals surface area contributed by atoms with E-state index in [4.69, 9.17) is 0 Å². The fourth-order valence-corrected chi connectivity index (χ4v) is 4.66. The number of rotatable bonds is 8. The van der Waals surface area contributed by atoms with Gasteiger partial charge >= 0.3 is 0 Å². The Kier molecular flexibility index (Phi) is 7.38. The number of fused-ring (bicyclic) bond motifs is 1. The molecule has 2 heterocycles. The lowest BCUT2D eigenvalue weighted by Crippen LogP contribution is -2.40. The smallest absolute Gasteiger partial charge is 0.223 e. The maximum atomic E-state index is 12.4. The third kappa shape index (κ3) is 5.41. The molecule has 172 valence electrons. The molecule has 2 aromatic carbocycles. The summed E-state index contributed by atoms with van der Waals surface area (Å²) < 4.78 is 0. The summed E-state index contributed by atoms with van der Waals surface area (Å²) in [6.07, 6.45) is 6.25. The minimum absolute atomic E-state index is 0.0376. The van der Waals surface area contributed by atoms with Crippen LogP contribution < -0.4 is 10.2 Å². The van der Waals surface area contributed by atoms with E-state index >= 15 is 0 Å². The van der Waals surface area contributed by atoms with Gasteiger partial charge in [0.05, 0.1) is 5.52 Å². The van der Waals surface area contributed by atoms with Crippen molar-refractivity contribution in [3.8, 4) is 0 Å². The van der Waals surface area contributed by atoms with Crippen molar-refractivity contribution in [3.05, 3.63) is 71.4 Å². The zero-order chi connectivity index (χ0) is 23.2. The molecule has 1 N–H and O–H groups in total. The summed E-state index contributed by atoms with van der Waals surface area (Å²) in [5, 5.41) is 4.11. The first kappa shape index (κ1) is 23.0. The average molecular weight is 444 g/mol. The Morgan fingerprint density at radius 2 is 1.85 bits per heavy atom. The number of hydrogen-bond acceptors (Lipinski definition) is 4. The fourth-order valence-electron chi connectivity index (χ4n) is 4.66. The highest BCUT2D eigenvalue weighted by Gasteiger charge is 2.25. The van der Waals surface area contributed by atoms with Gasteiger partial charge in [0, 0.05) is 48.4 Å². The minimum atomic E-state index is 0.0376. The summed E-state index contributed by atoms with van der Waals surface area (Å²) >= 11 is 0. The molecule has 3 aromatic rings. The van der Waals surface area contributed by atoms with Crippen molar-refractivity contribution in [2.24, 2.45) is 5.92 Å². The molecular weight excluding hydrogens is 410 g/mol. The van der Waals surface area contributed by atoms with E-state index in [2.05, 4.69) is 46.4 Å². The van der Waals surface area contributed by atoms with E-state index in [1.165, 1.54) is 5.56 Å². The number of hydrogen-bond donors (Lipinski definition) is 1. The number of carbonyl (C=O) groups is 2. The Labute approximate surface area is 196 Å². The predicted molar refractivity (Wildman–Crippen MR) is 134 cm³/mol. The second-order valence-corrected chi connectivity index (χ2v) is 8.98. The minimum Gasteiger partial charge on any atom is -0.371 e. The van der Waals surface area contributed by atoms with E-state index in [0.29, 0.717) is 12.0 Å². The second kappa shape index (κ2) is 10.6. The first-order valence-corrected chi connectivity index (χ1v) is 12.1. The maximum Gasteiger partial charge on any atom is 0.223 e. The third-order valence-electron chi connectivity index (χ3n) is 6.63. The Morgan fingerprint density at radius 1 is 1.09 bits per heavy atom. The van der Waals surface area contributed by atoms with E-state index in [1.807, 2.05) is 24.3 Å². The topological polar surface area (TPSA) is 62.3 Å². The van der Waals surface area contributed by atoms with Crippen molar-refractivity contribution >= 4 is 28.3 Å². The van der Waals surface area contributed by atoms with Crippen LogP contribution in [0.4, 0.5) is 5.69 Å². The number of benzene rings is 2. The maximum absolute atomic E-state index is 12.4. The molecule has 1 aliphatic heterocycles. The predicted octanol–water partition coefficient (Wildman–Crippen LogP) is 5.16. The number of unbranched alkanes of at least 4 members (excludes halogenated alkanes) is 1. The van der Waals surface area contributed by atoms with Crippen LogP contribution in [0.15, 0.2) is 54.7 Å². The highest BCUT2D eigenvalue weighted by molar-refractivity contribution is 6.00. The van der Waals surface area contributed by atoms with Crippen molar-refractivity contribution in [2.75, 3.05) is 24.5 Å². The molecule has 5 nitrogen and oxygen atoms in total. The summed E-state index contributed by atoms with van der Waals surface area (Å²) in [6.45, 7) is 6.22. The molecule has 0 atom stereocenters. The first-order chi connectivity index (χ1) is 16.1. The summed E-state index contributed by atoms with van der Waals surface area (Å²) in [7, 11) is 0. The van der Waals surface area contributed by atoms with Gasteiger partial charge in [0.2, 0.25) is 5.91 Å². The van der Waals surface area contributed by atoms with Crippen LogP contribution in [-0.2, 0) is 11.2 Å². The molecule has 1 aromatic heterocycles. The lowest BCUT2D eigenvalue weighted by Gasteiger charge is -2.33. The molecule has 0 bridgehead atoms. The summed E-state index contributed by atoms with van der Waals surface area (Å²) in [5.41, 5.74) is 4.92. The third-order valence-corrected chi connectivity index (χ3v) is 6.63. The summed E-state index contributed by atoms with van der Waals surface area (Å²) in [4.78, 5) is 31.8. The number of aromatic nitrogens is 1. The van der Waals surface area contributed by atoms with Crippen LogP contribution >= 0.6 is 0 Å². The molecule has 1 fully saturated rings. The largest absolute Gasteiger partial charge is 0.371 e. The lowest BCUT2D eigenvalue weighted by atomic mass is 9.93. The first-order valence-electron chi connectivity index (χ1n) is 12.1. The molecule has 0 radical (unpaired) electrons. The van der Waals surface area contributed by atoms with Crippen molar-refractivity contribution in [1.29, 1.82) is 0 Å². The van der Waals surface area contributed by atoms with E-state index in [-0.39, 0.29) is 17.6 Å². The van der Waals surface area contributed by atoms with E-state index in [0.717, 1.165) is 67.5 Å². The van der Waals surface area contributed by atoms with Crippen molar-refractivity contribution < 1.29 is 9.59 Å². The summed E-state index contributed by atoms with van der Waals surface area (Å²) in [5.74, 6) is 0.330. The van der Waals surface area contributed by atoms with Crippen LogP contribution in [0.2, 0.25) is 0 Å². The molecule has 1 saturated heterocycles. The SMILES string of the molecule is CCCCNC(=O)C1CCN(c2ccc3ncc(C(C)=O)c(Cc4ccccc4)c3c2)CC1. The molecular formula is C28H33N3O2.